The molecule has 13 heteroatoms. The number of carbonyl (C=O) groups excluding carboxylic acids is 1. The molecule has 0 bridgehead atoms. The van der Waals surface area contributed by atoms with Crippen LogP contribution in [0.1, 0.15) is 32.4 Å². The number of nitrogens with one attached hydrogen (secondary N) is 3. The van der Waals surface area contributed by atoms with Gasteiger partial charge in [0.15, 0.2) is 5.76 Å². The normalized spacial score (nSPS) is 10.7. The number of aromatic nitrogens is 3. The van der Waals surface area contributed by atoms with Gasteiger partial charge in [-0.3, -0.25) is 14.9 Å². The Bertz CT molecular complexity index is 854. The minimum atomic E-state index is -0.640. The lowest BCUT2D eigenvalue weighted by molar-refractivity contribution is -0.402. The lowest BCUT2D eigenvalue weighted by Gasteiger charge is -2.09. The highest BCUT2D eigenvalue weighted by Gasteiger charge is 2.10. The Morgan fingerprint density at radius 3 is 2.62 bits per heavy atom. The van der Waals surface area contributed by atoms with Gasteiger partial charge in [-0.2, -0.15) is 20.1 Å². The summed E-state index contributed by atoms with van der Waals surface area (Å²) in [5.74, 6) is 0.347. The number of hydrogen-bond donors (Lipinski definition) is 3. The molecule has 0 radical (unpaired) electrons. The van der Waals surface area contributed by atoms with Crippen molar-refractivity contribution in [2.24, 2.45) is 5.10 Å². The monoisotopic (exact) mass is 406 g/mol. The van der Waals surface area contributed by atoms with E-state index in [2.05, 4.69) is 36.1 Å². The summed E-state index contributed by atoms with van der Waals surface area (Å²) in [4.78, 5) is 33.9. The molecule has 2 rings (SSSR count). The molecular formula is C16H22N8O5. The molecular weight excluding hydrogens is 384 g/mol. The molecule has 2 aromatic rings. The molecule has 156 valence electrons. The van der Waals surface area contributed by atoms with E-state index in [-0.39, 0.29) is 30.0 Å². The number of carbonyl (C=O) groups is 1. The van der Waals surface area contributed by atoms with Gasteiger partial charge in [0.2, 0.25) is 17.8 Å². The van der Waals surface area contributed by atoms with E-state index in [1.807, 2.05) is 6.92 Å². The summed E-state index contributed by atoms with van der Waals surface area (Å²) >= 11 is 0. The highest BCUT2D eigenvalue weighted by atomic mass is 16.6. The lowest BCUT2D eigenvalue weighted by Crippen LogP contribution is -2.13. The van der Waals surface area contributed by atoms with Crippen LogP contribution in [0.15, 0.2) is 21.7 Å². The summed E-state index contributed by atoms with van der Waals surface area (Å²) in [7, 11) is 0. The third-order valence-electron chi connectivity index (χ3n) is 3.27. The molecule has 0 aliphatic rings. The zero-order valence-electron chi connectivity index (χ0n) is 16.0. The van der Waals surface area contributed by atoms with E-state index >= 15 is 0 Å². The molecule has 0 aliphatic carbocycles. The van der Waals surface area contributed by atoms with E-state index in [0.717, 1.165) is 0 Å². The summed E-state index contributed by atoms with van der Waals surface area (Å²) < 4.78 is 9.84. The van der Waals surface area contributed by atoms with Crippen LogP contribution in [-0.4, -0.2) is 51.8 Å². The number of nitrogens with zero attached hydrogens (tertiary/aromatic N) is 5. The van der Waals surface area contributed by atoms with Crippen molar-refractivity contribution in [1.82, 2.24) is 15.0 Å². The number of anilines is 3. The van der Waals surface area contributed by atoms with E-state index in [9.17, 15) is 14.9 Å². The second-order valence-corrected chi connectivity index (χ2v) is 5.48. The van der Waals surface area contributed by atoms with Gasteiger partial charge >= 0.3 is 11.9 Å². The van der Waals surface area contributed by atoms with Crippen LogP contribution in [0.25, 0.3) is 0 Å². The van der Waals surface area contributed by atoms with E-state index in [1.54, 1.807) is 6.92 Å². The molecule has 0 aromatic carbocycles. The van der Waals surface area contributed by atoms with Gasteiger partial charge in [-0.15, -0.1) is 0 Å². The number of ether oxygens (including phenoxy) is 1. The van der Waals surface area contributed by atoms with Gasteiger partial charge in [0.25, 0.3) is 0 Å². The second kappa shape index (κ2) is 11.2. The first-order valence-electron chi connectivity index (χ1n) is 8.94. The van der Waals surface area contributed by atoms with Crippen LogP contribution in [0, 0.1) is 10.1 Å². The van der Waals surface area contributed by atoms with Crippen molar-refractivity contribution in [3.05, 3.63) is 28.0 Å². The molecule has 0 saturated carbocycles. The molecule has 2 aromatic heterocycles. The van der Waals surface area contributed by atoms with Gasteiger partial charge < -0.3 is 19.8 Å². The van der Waals surface area contributed by atoms with Crippen LogP contribution in [0.2, 0.25) is 0 Å². The van der Waals surface area contributed by atoms with Crippen molar-refractivity contribution in [2.45, 2.75) is 26.7 Å². The fourth-order valence-electron chi connectivity index (χ4n) is 2.07. The van der Waals surface area contributed by atoms with Crippen LogP contribution in [0.5, 0.6) is 0 Å². The summed E-state index contributed by atoms with van der Waals surface area (Å²) in [5.41, 5.74) is 2.62. The third kappa shape index (κ3) is 7.40. The first-order chi connectivity index (χ1) is 14.0. The standard InChI is InChI=1S/C16H22N8O5/c1-3-17-14-20-15(18-9-5-6-13(25)28-4-2)22-16(21-14)23-19-10-11-7-8-12(29-11)24(26)27/h7-8,10H,3-6,9H2,1-2H3,(H3,17,18,20,21,22,23)/b19-10+. The maximum absolute atomic E-state index is 11.3. The Kier molecular flexibility index (Phi) is 8.28. The van der Waals surface area contributed by atoms with E-state index < -0.39 is 4.92 Å². The number of nitro groups is 1. The molecule has 0 aliphatic heterocycles. The first-order valence-corrected chi connectivity index (χ1v) is 8.94. The smallest absolute Gasteiger partial charge is 0.433 e. The lowest BCUT2D eigenvalue weighted by atomic mass is 10.3. The van der Waals surface area contributed by atoms with Gasteiger partial charge in [-0.1, -0.05) is 0 Å². The van der Waals surface area contributed by atoms with Gasteiger partial charge in [0.1, 0.15) is 4.92 Å². The highest BCUT2D eigenvalue weighted by Crippen LogP contribution is 2.14. The topological polar surface area (TPSA) is 170 Å². The van der Waals surface area contributed by atoms with Crippen LogP contribution < -0.4 is 16.1 Å². The molecule has 0 saturated heterocycles. The Balaban J connectivity index is 1.96. The molecule has 0 amide bonds. The number of hydrogen-bond acceptors (Lipinski definition) is 12. The van der Waals surface area contributed by atoms with Crippen molar-refractivity contribution in [3.8, 4) is 0 Å². The Labute approximate surface area is 166 Å². The van der Waals surface area contributed by atoms with E-state index in [4.69, 9.17) is 9.15 Å². The quantitative estimate of drug-likeness (QED) is 0.155. The molecule has 0 atom stereocenters. The molecule has 3 N–H and O–H groups in total. The number of esters is 1. The second-order valence-electron chi connectivity index (χ2n) is 5.48. The van der Waals surface area contributed by atoms with Crippen LogP contribution in [0.4, 0.5) is 23.7 Å². The largest absolute Gasteiger partial charge is 0.466 e. The molecule has 0 spiro atoms. The Morgan fingerprint density at radius 2 is 1.97 bits per heavy atom. The van der Waals surface area contributed by atoms with Gasteiger partial charge in [0.05, 0.1) is 18.9 Å². The molecule has 2 heterocycles. The zero-order valence-corrected chi connectivity index (χ0v) is 16.0. The summed E-state index contributed by atoms with van der Waals surface area (Å²) in [6, 6.07) is 2.64. The van der Waals surface area contributed by atoms with Crippen molar-refractivity contribution in [1.29, 1.82) is 0 Å². The fraction of sp³-hybridized carbons (Fsp3) is 0.438. The van der Waals surface area contributed by atoms with Crippen molar-refractivity contribution in [2.75, 3.05) is 35.8 Å². The maximum Gasteiger partial charge on any atom is 0.433 e. The van der Waals surface area contributed by atoms with Crippen molar-refractivity contribution < 1.29 is 18.9 Å². The van der Waals surface area contributed by atoms with Gasteiger partial charge in [-0.25, -0.2) is 5.43 Å². The minimum absolute atomic E-state index is 0.154. The average molecular weight is 406 g/mol. The summed E-state index contributed by atoms with van der Waals surface area (Å²) in [6.07, 6.45) is 2.10. The number of hydrazone groups is 1. The number of furan rings is 1. The van der Waals surface area contributed by atoms with E-state index in [0.29, 0.717) is 38.0 Å². The van der Waals surface area contributed by atoms with Crippen LogP contribution >= 0.6 is 0 Å². The Morgan fingerprint density at radius 1 is 1.24 bits per heavy atom. The zero-order chi connectivity index (χ0) is 21.1. The first kappa shape index (κ1) is 21.5. The van der Waals surface area contributed by atoms with Gasteiger partial charge in [-0.05, 0) is 26.3 Å². The van der Waals surface area contributed by atoms with Gasteiger partial charge in [0, 0.05) is 19.5 Å². The fourth-order valence-corrected chi connectivity index (χ4v) is 2.07. The molecule has 0 fully saturated rings. The van der Waals surface area contributed by atoms with Crippen molar-refractivity contribution in [3.63, 3.8) is 0 Å². The number of rotatable bonds is 12. The van der Waals surface area contributed by atoms with E-state index in [1.165, 1.54) is 18.3 Å². The van der Waals surface area contributed by atoms with Crippen molar-refractivity contribution >= 4 is 35.9 Å². The average Bonchev–Trinajstić information content (AvgIpc) is 3.15. The molecule has 29 heavy (non-hydrogen) atoms. The highest BCUT2D eigenvalue weighted by molar-refractivity contribution is 5.76. The predicted molar refractivity (Wildman–Crippen MR) is 105 cm³/mol. The van der Waals surface area contributed by atoms with Crippen LogP contribution in [0.3, 0.4) is 0 Å². The Hall–Kier alpha value is -3.77. The predicted octanol–water partition coefficient (Wildman–Crippen LogP) is 2.01. The maximum atomic E-state index is 11.3. The summed E-state index contributed by atoms with van der Waals surface area (Å²) in [6.45, 7) is 5.07. The SMILES string of the molecule is CCNc1nc(NCCCC(=O)OCC)nc(N/N=C/c2ccc([N+](=O)[O-])o2)n1. The molecule has 13 nitrogen and oxygen atoms in total. The minimum Gasteiger partial charge on any atom is -0.466 e. The summed E-state index contributed by atoms with van der Waals surface area (Å²) in [5, 5.41) is 20.5. The molecule has 0 unspecified atom stereocenters. The van der Waals surface area contributed by atoms with Crippen LogP contribution in [-0.2, 0) is 9.53 Å². The third-order valence-corrected chi connectivity index (χ3v) is 3.27.